The quantitative estimate of drug-likeness (QED) is 0.667. The lowest BCUT2D eigenvalue weighted by molar-refractivity contribution is 0.122. The lowest BCUT2D eigenvalue weighted by Crippen LogP contribution is -2.52. The van der Waals surface area contributed by atoms with Crippen LogP contribution in [-0.4, -0.2) is 40.2 Å². The number of amides is 1. The molecule has 1 unspecified atom stereocenters. The minimum atomic E-state index is -0.469. The number of carbonyl (C=O) groups excluding carboxylic acids is 1. The van der Waals surface area contributed by atoms with Crippen molar-refractivity contribution in [3.05, 3.63) is 17.3 Å². The predicted molar refractivity (Wildman–Crippen MR) is 91.7 cm³/mol. The number of halogens is 1. The number of nitrogens with one attached hydrogen (secondary N) is 1. The van der Waals surface area contributed by atoms with Crippen molar-refractivity contribution in [2.24, 2.45) is 0 Å². The van der Waals surface area contributed by atoms with E-state index in [0.717, 1.165) is 0 Å². The van der Waals surface area contributed by atoms with E-state index in [2.05, 4.69) is 10.3 Å². The van der Waals surface area contributed by atoms with Gasteiger partial charge >= 0.3 is 6.09 Å². The number of nitrogens with zero attached hydrogens (tertiary/aromatic N) is 2. The molecule has 0 radical (unpaired) electrons. The fourth-order valence-corrected chi connectivity index (χ4v) is 3.15. The van der Waals surface area contributed by atoms with Crippen molar-refractivity contribution in [2.75, 3.05) is 22.2 Å². The third-order valence-electron chi connectivity index (χ3n) is 2.80. The third-order valence-corrected chi connectivity index (χ3v) is 4.03. The van der Waals surface area contributed by atoms with Crippen molar-refractivity contribution in [1.82, 2.24) is 4.98 Å². The van der Waals surface area contributed by atoms with Crippen LogP contribution < -0.4 is 10.2 Å². The molecular formula is C13H16ClN3O2S2. The molecule has 0 bridgehead atoms. The van der Waals surface area contributed by atoms with E-state index in [9.17, 15) is 4.79 Å². The molecule has 0 aromatic carbocycles. The number of hydrogen-bond donors (Lipinski definition) is 1. The van der Waals surface area contributed by atoms with E-state index in [-0.39, 0.29) is 12.1 Å². The molecule has 1 amide bonds. The van der Waals surface area contributed by atoms with Crippen molar-refractivity contribution in [3.8, 4) is 0 Å². The Labute approximate surface area is 138 Å². The third kappa shape index (κ3) is 3.59. The summed E-state index contributed by atoms with van der Waals surface area (Å²) in [6, 6.07) is 3.10. The van der Waals surface area contributed by atoms with Gasteiger partial charge in [-0.1, -0.05) is 23.8 Å². The van der Waals surface area contributed by atoms with E-state index >= 15 is 0 Å². The highest BCUT2D eigenvalue weighted by atomic mass is 35.5. The predicted octanol–water partition coefficient (Wildman–Crippen LogP) is 3.57. The Morgan fingerprint density at radius 2 is 2.33 bits per heavy atom. The molecule has 0 saturated carbocycles. The Bertz CT molecular complexity index is 568. The van der Waals surface area contributed by atoms with Gasteiger partial charge in [0.15, 0.2) is 5.82 Å². The van der Waals surface area contributed by atoms with E-state index in [1.807, 2.05) is 6.26 Å². The van der Waals surface area contributed by atoms with Crippen molar-refractivity contribution < 1.29 is 9.53 Å². The molecule has 8 heteroatoms. The van der Waals surface area contributed by atoms with Crippen molar-refractivity contribution in [2.45, 2.75) is 26.0 Å². The first-order valence-electron chi connectivity index (χ1n) is 6.40. The zero-order valence-electron chi connectivity index (χ0n) is 11.9. The molecule has 5 nitrogen and oxygen atoms in total. The average Bonchev–Trinajstić information content (AvgIpc) is 2.39. The van der Waals surface area contributed by atoms with Crippen molar-refractivity contribution in [3.63, 3.8) is 0 Å². The molecule has 1 aromatic rings. The average molecular weight is 346 g/mol. The maximum atomic E-state index is 12.4. The van der Waals surface area contributed by atoms with Gasteiger partial charge in [-0.2, -0.15) is 11.8 Å². The maximum absolute atomic E-state index is 12.4. The Morgan fingerprint density at radius 1 is 1.62 bits per heavy atom. The minimum Gasteiger partial charge on any atom is -0.446 e. The normalized spacial score (nSPS) is 17.5. The summed E-state index contributed by atoms with van der Waals surface area (Å²) in [5.74, 6) is 1.09. The minimum absolute atomic E-state index is 0.224. The van der Waals surface area contributed by atoms with Gasteiger partial charge in [0.25, 0.3) is 0 Å². The largest absolute Gasteiger partial charge is 0.446 e. The van der Waals surface area contributed by atoms with E-state index in [1.165, 1.54) is 4.90 Å². The summed E-state index contributed by atoms with van der Waals surface area (Å²) in [6.45, 7) is 3.60. The van der Waals surface area contributed by atoms with Gasteiger partial charge < -0.3 is 10.1 Å². The van der Waals surface area contributed by atoms with Crippen LogP contribution in [0.1, 0.15) is 13.8 Å². The standard InChI is InChI=1S/C13H16ClN3O2S2/c1-7(2)19-13(18)17-9(6-21-3)12(20)15-8-4-5-10(14)16-11(8)17/h4-5,7,9H,6H2,1-3H3,(H,15,20). The molecule has 1 N–H and O–H groups in total. The van der Waals surface area contributed by atoms with Gasteiger partial charge in [0.1, 0.15) is 16.2 Å². The number of thioether (sulfide) groups is 1. The highest BCUT2D eigenvalue weighted by molar-refractivity contribution is 7.98. The van der Waals surface area contributed by atoms with E-state index in [1.54, 1.807) is 37.7 Å². The molecule has 0 aliphatic carbocycles. The van der Waals surface area contributed by atoms with Crippen LogP contribution in [0.25, 0.3) is 0 Å². The van der Waals surface area contributed by atoms with E-state index < -0.39 is 6.09 Å². The van der Waals surface area contributed by atoms with Gasteiger partial charge in [0, 0.05) is 5.75 Å². The van der Waals surface area contributed by atoms with Gasteiger partial charge in [-0.05, 0) is 32.2 Å². The Balaban J connectivity index is 2.45. The monoisotopic (exact) mass is 345 g/mol. The van der Waals surface area contributed by atoms with Crippen molar-refractivity contribution in [1.29, 1.82) is 0 Å². The summed E-state index contributed by atoms with van der Waals surface area (Å²) in [7, 11) is 0. The fraction of sp³-hybridized carbons (Fsp3) is 0.462. The van der Waals surface area contributed by atoms with Crippen LogP contribution in [0.15, 0.2) is 12.1 Å². The van der Waals surface area contributed by atoms with Crippen LogP contribution in [0.2, 0.25) is 5.15 Å². The van der Waals surface area contributed by atoms with Gasteiger partial charge in [-0.3, -0.25) is 0 Å². The summed E-state index contributed by atoms with van der Waals surface area (Å²) in [5.41, 5.74) is 0.655. The topological polar surface area (TPSA) is 54.5 Å². The number of rotatable bonds is 3. The molecule has 1 atom stereocenters. The van der Waals surface area contributed by atoms with Crippen LogP contribution in [0.3, 0.4) is 0 Å². The molecule has 1 aliphatic heterocycles. The molecule has 2 rings (SSSR count). The van der Waals surface area contributed by atoms with Crippen LogP contribution in [-0.2, 0) is 4.74 Å². The second kappa shape index (κ2) is 6.81. The number of hydrogen-bond acceptors (Lipinski definition) is 5. The van der Waals surface area contributed by atoms with Gasteiger partial charge in [-0.15, -0.1) is 0 Å². The molecule has 1 aliphatic rings. The zero-order chi connectivity index (χ0) is 15.6. The first-order valence-corrected chi connectivity index (χ1v) is 8.58. The highest BCUT2D eigenvalue weighted by Gasteiger charge is 2.37. The van der Waals surface area contributed by atoms with Gasteiger partial charge in [-0.25, -0.2) is 14.7 Å². The smallest absolute Gasteiger partial charge is 0.416 e. The number of aromatic nitrogens is 1. The molecule has 0 fully saturated rings. The molecule has 2 heterocycles. The number of anilines is 2. The van der Waals surface area contributed by atoms with E-state index in [0.29, 0.717) is 27.4 Å². The number of fused-ring (bicyclic) bond motifs is 1. The molecule has 114 valence electrons. The number of thiocarbonyl (C=S) groups is 1. The fourth-order valence-electron chi connectivity index (χ4n) is 1.97. The van der Waals surface area contributed by atoms with Gasteiger partial charge in [0.2, 0.25) is 0 Å². The summed E-state index contributed by atoms with van der Waals surface area (Å²) in [5, 5.41) is 3.42. The van der Waals surface area contributed by atoms with Crippen LogP contribution in [0, 0.1) is 0 Å². The first kappa shape index (κ1) is 16.3. The van der Waals surface area contributed by atoms with Crippen molar-refractivity contribution >= 4 is 58.2 Å². The lowest BCUT2D eigenvalue weighted by Gasteiger charge is -2.36. The van der Waals surface area contributed by atoms with E-state index in [4.69, 9.17) is 28.6 Å². The Hall–Kier alpha value is -1.05. The SMILES string of the molecule is CSCC1C(=S)Nc2ccc(Cl)nc2N1C(=O)OC(C)C. The summed E-state index contributed by atoms with van der Waals surface area (Å²) in [6.07, 6.45) is 1.26. The van der Waals surface area contributed by atoms with Crippen LogP contribution in [0.4, 0.5) is 16.3 Å². The lowest BCUT2D eigenvalue weighted by atomic mass is 10.2. The van der Waals surface area contributed by atoms with Crippen LogP contribution >= 0.6 is 35.6 Å². The number of pyridine rings is 1. The Morgan fingerprint density at radius 3 is 2.95 bits per heavy atom. The highest BCUT2D eigenvalue weighted by Crippen LogP contribution is 2.33. The molecule has 0 saturated heterocycles. The maximum Gasteiger partial charge on any atom is 0.416 e. The first-order chi connectivity index (χ1) is 9.93. The number of ether oxygens (including phenoxy) is 1. The zero-order valence-corrected chi connectivity index (χ0v) is 14.3. The number of carbonyl (C=O) groups is 1. The molecule has 21 heavy (non-hydrogen) atoms. The second-order valence-electron chi connectivity index (χ2n) is 4.77. The Kier molecular flexibility index (Phi) is 5.29. The summed E-state index contributed by atoms with van der Waals surface area (Å²) in [4.78, 5) is 18.7. The molecule has 0 spiro atoms. The second-order valence-corrected chi connectivity index (χ2v) is 6.51. The summed E-state index contributed by atoms with van der Waals surface area (Å²) < 4.78 is 5.32. The molecular weight excluding hydrogens is 330 g/mol. The summed E-state index contributed by atoms with van der Waals surface area (Å²) >= 11 is 12.9. The van der Waals surface area contributed by atoms with Gasteiger partial charge in [0.05, 0.1) is 11.8 Å². The van der Waals surface area contributed by atoms with Crippen LogP contribution in [0.5, 0.6) is 0 Å². The molecule has 1 aromatic heterocycles.